The second-order valence-electron chi connectivity index (χ2n) is 5.70. The Labute approximate surface area is 164 Å². The Bertz CT molecular complexity index is 897. The molecule has 0 nitrogen and oxygen atoms in total. The third-order valence-electron chi connectivity index (χ3n) is 3.90. The van der Waals surface area contributed by atoms with Gasteiger partial charge in [0.15, 0.2) is 46.5 Å². The SMILES string of the molecule is CCP(c1c(F)c(F)c(C(F)(F)F)c(F)c1F)c1c(F)c(F)c(C(F)(F)F)c(F)c1F. The molecule has 0 aliphatic carbocycles. The van der Waals surface area contributed by atoms with Gasteiger partial charge in [0.2, 0.25) is 0 Å². The van der Waals surface area contributed by atoms with Crippen molar-refractivity contribution >= 4 is 18.5 Å². The molecule has 172 valence electrons. The normalized spacial score (nSPS) is 12.8. The van der Waals surface area contributed by atoms with Crippen molar-refractivity contribution in [3.8, 4) is 0 Å². The lowest BCUT2D eigenvalue weighted by atomic mass is 10.1. The van der Waals surface area contributed by atoms with E-state index < -0.39 is 94.7 Å². The lowest BCUT2D eigenvalue weighted by Crippen LogP contribution is -2.31. The molecule has 0 heterocycles. The molecule has 0 aliphatic heterocycles. The zero-order valence-corrected chi connectivity index (χ0v) is 15.3. The van der Waals surface area contributed by atoms with Crippen molar-refractivity contribution in [2.75, 3.05) is 6.16 Å². The summed E-state index contributed by atoms with van der Waals surface area (Å²) in [5.41, 5.74) is -6.05. The Balaban J connectivity index is 2.95. The highest BCUT2D eigenvalue weighted by Gasteiger charge is 2.46. The molecule has 0 aliphatic rings. The predicted octanol–water partition coefficient (Wildman–Crippen LogP) is 6.29. The Morgan fingerprint density at radius 2 is 0.710 bits per heavy atom. The highest BCUT2D eigenvalue weighted by molar-refractivity contribution is 7.73. The van der Waals surface area contributed by atoms with E-state index in [2.05, 4.69) is 0 Å². The average molecular weight is 494 g/mol. The maximum atomic E-state index is 14.2. The third kappa shape index (κ3) is 4.06. The van der Waals surface area contributed by atoms with E-state index in [-0.39, 0.29) is 0 Å². The largest absolute Gasteiger partial charge is 0.422 e. The summed E-state index contributed by atoms with van der Waals surface area (Å²) in [5, 5.41) is -4.09. The second kappa shape index (κ2) is 8.10. The van der Waals surface area contributed by atoms with Gasteiger partial charge in [-0.05, 0) is 14.1 Å². The van der Waals surface area contributed by atoms with E-state index in [1.807, 2.05) is 0 Å². The first-order chi connectivity index (χ1) is 14.0. The van der Waals surface area contributed by atoms with Crippen LogP contribution in [0, 0.1) is 46.5 Å². The molecule has 2 aromatic carbocycles. The summed E-state index contributed by atoms with van der Waals surface area (Å²) < 4.78 is 188. The van der Waals surface area contributed by atoms with Gasteiger partial charge in [-0.2, -0.15) is 26.3 Å². The fourth-order valence-electron chi connectivity index (χ4n) is 2.64. The summed E-state index contributed by atoms with van der Waals surface area (Å²) in [6.07, 6.45) is -12.9. The van der Waals surface area contributed by atoms with E-state index in [1.165, 1.54) is 0 Å². The third-order valence-corrected chi connectivity index (χ3v) is 6.40. The van der Waals surface area contributed by atoms with Gasteiger partial charge in [-0.25, -0.2) is 35.1 Å². The molecule has 2 aromatic rings. The van der Waals surface area contributed by atoms with Crippen molar-refractivity contribution in [2.24, 2.45) is 0 Å². The minimum atomic E-state index is -5.95. The van der Waals surface area contributed by atoms with Gasteiger partial charge in [-0.3, -0.25) is 0 Å². The Morgan fingerprint density at radius 1 is 0.484 bits per heavy atom. The number of halogens is 14. The van der Waals surface area contributed by atoms with Crippen molar-refractivity contribution in [3.05, 3.63) is 57.7 Å². The summed E-state index contributed by atoms with van der Waals surface area (Å²) in [6, 6.07) is 0. The van der Waals surface area contributed by atoms with Crippen molar-refractivity contribution in [1.29, 1.82) is 0 Å². The molecule has 0 unspecified atom stereocenters. The molecule has 0 atom stereocenters. The Kier molecular flexibility index (Phi) is 6.57. The van der Waals surface area contributed by atoms with Crippen molar-refractivity contribution in [1.82, 2.24) is 0 Å². The van der Waals surface area contributed by atoms with E-state index in [9.17, 15) is 61.5 Å². The number of hydrogen-bond acceptors (Lipinski definition) is 0. The first-order valence-corrected chi connectivity index (χ1v) is 9.14. The highest BCUT2D eigenvalue weighted by atomic mass is 31.1. The van der Waals surface area contributed by atoms with Gasteiger partial charge < -0.3 is 0 Å². The van der Waals surface area contributed by atoms with Crippen LogP contribution in [-0.2, 0) is 12.4 Å². The lowest BCUT2D eigenvalue weighted by molar-refractivity contribution is -0.144. The van der Waals surface area contributed by atoms with Gasteiger partial charge in [0, 0.05) is 0 Å². The predicted molar refractivity (Wildman–Crippen MR) is 79.3 cm³/mol. The molecule has 0 N–H and O–H groups in total. The maximum Gasteiger partial charge on any atom is 0.422 e. The van der Waals surface area contributed by atoms with Crippen LogP contribution in [0.5, 0.6) is 0 Å². The van der Waals surface area contributed by atoms with Crippen molar-refractivity contribution < 1.29 is 61.5 Å². The maximum absolute atomic E-state index is 14.2. The summed E-state index contributed by atoms with van der Waals surface area (Å²) in [6.45, 7) is 0.796. The molecule has 0 radical (unpaired) electrons. The fourth-order valence-corrected chi connectivity index (χ4v) is 4.84. The molecule has 0 fully saturated rings. The minimum absolute atomic E-state index is 0.796. The van der Waals surface area contributed by atoms with E-state index in [0.29, 0.717) is 0 Å². The molecule has 15 heteroatoms. The van der Waals surface area contributed by atoms with Crippen LogP contribution in [0.4, 0.5) is 61.5 Å². The average Bonchev–Trinajstić information content (AvgIpc) is 2.61. The highest BCUT2D eigenvalue weighted by Crippen LogP contribution is 2.44. The van der Waals surface area contributed by atoms with E-state index >= 15 is 0 Å². The van der Waals surface area contributed by atoms with Crippen LogP contribution in [-0.4, -0.2) is 6.16 Å². The van der Waals surface area contributed by atoms with E-state index in [1.54, 1.807) is 0 Å². The molecule has 31 heavy (non-hydrogen) atoms. The van der Waals surface area contributed by atoms with Gasteiger partial charge in [-0.1, -0.05) is 6.92 Å². The molecule has 0 saturated carbocycles. The van der Waals surface area contributed by atoms with Gasteiger partial charge >= 0.3 is 12.4 Å². The van der Waals surface area contributed by atoms with Crippen LogP contribution in [0.3, 0.4) is 0 Å². The first kappa shape index (κ1) is 25.2. The zero-order valence-electron chi connectivity index (χ0n) is 14.4. The molecular weight excluding hydrogens is 489 g/mol. The molecule has 0 aromatic heterocycles. The molecule has 0 spiro atoms. The fraction of sp³-hybridized carbons (Fsp3) is 0.250. The van der Waals surface area contributed by atoms with Crippen LogP contribution in [0.1, 0.15) is 18.1 Å². The smallest absolute Gasteiger partial charge is 0.203 e. The first-order valence-electron chi connectivity index (χ1n) is 7.62. The summed E-state index contributed by atoms with van der Waals surface area (Å²) in [4.78, 5) is 0. The zero-order chi connectivity index (χ0) is 24.2. The summed E-state index contributed by atoms with van der Waals surface area (Å²) in [7, 11) is -3.59. The molecule has 0 bridgehead atoms. The molecule has 2 rings (SSSR count). The van der Waals surface area contributed by atoms with E-state index in [0.717, 1.165) is 6.92 Å². The molecule has 0 amide bonds. The topological polar surface area (TPSA) is 0 Å². The van der Waals surface area contributed by atoms with Crippen LogP contribution in [0.25, 0.3) is 0 Å². The second-order valence-corrected chi connectivity index (χ2v) is 8.08. The monoisotopic (exact) mass is 494 g/mol. The van der Waals surface area contributed by atoms with Gasteiger partial charge in [0.1, 0.15) is 11.1 Å². The van der Waals surface area contributed by atoms with Crippen LogP contribution < -0.4 is 10.6 Å². The van der Waals surface area contributed by atoms with E-state index in [4.69, 9.17) is 0 Å². The lowest BCUT2D eigenvalue weighted by Gasteiger charge is -2.23. The van der Waals surface area contributed by atoms with Crippen molar-refractivity contribution in [2.45, 2.75) is 19.3 Å². The van der Waals surface area contributed by atoms with Gasteiger partial charge in [0.05, 0.1) is 10.6 Å². The molecular formula is C16H5F14P. The standard InChI is InChI=1S/C16H5F14P/c1-2-31(13-9(21)5(17)3(15(25,26)27)6(18)10(13)22)14-11(23)7(19)4(16(28,29)30)8(20)12(14)24/h2H2,1H3. The van der Waals surface area contributed by atoms with Crippen LogP contribution in [0.15, 0.2) is 0 Å². The van der Waals surface area contributed by atoms with Crippen LogP contribution >= 0.6 is 7.92 Å². The van der Waals surface area contributed by atoms with Crippen LogP contribution in [0.2, 0.25) is 0 Å². The summed E-state index contributed by atoms with van der Waals surface area (Å²) >= 11 is 0. The number of alkyl halides is 6. The quantitative estimate of drug-likeness (QED) is 0.268. The van der Waals surface area contributed by atoms with Gasteiger partial charge in [0.25, 0.3) is 0 Å². The summed E-state index contributed by atoms with van der Waals surface area (Å²) in [5.74, 6) is -23.2. The van der Waals surface area contributed by atoms with Gasteiger partial charge in [-0.15, -0.1) is 0 Å². The number of hydrogen-bond donors (Lipinski definition) is 0. The Hall–Kier alpha value is -2.11. The Morgan fingerprint density at radius 3 is 0.871 bits per heavy atom. The molecule has 0 saturated heterocycles. The number of benzene rings is 2. The van der Waals surface area contributed by atoms with Crippen molar-refractivity contribution in [3.63, 3.8) is 0 Å². The minimum Gasteiger partial charge on any atom is -0.203 e. The number of rotatable bonds is 3.